The summed E-state index contributed by atoms with van der Waals surface area (Å²) in [6.45, 7) is 11.7. The first kappa shape index (κ1) is 20.7. The Hall–Kier alpha value is -1.30. The van der Waals surface area contributed by atoms with E-state index in [0.717, 1.165) is 12.8 Å². The van der Waals surface area contributed by atoms with Crippen LogP contribution in [0.4, 0.5) is 0 Å². The van der Waals surface area contributed by atoms with Gasteiger partial charge in [0, 0.05) is 0 Å². The molecule has 0 radical (unpaired) electrons. The smallest absolute Gasteiger partial charge is 0.123 e. The van der Waals surface area contributed by atoms with E-state index in [1.54, 1.807) is 26.0 Å². The van der Waals surface area contributed by atoms with Gasteiger partial charge in [0.2, 0.25) is 0 Å². The van der Waals surface area contributed by atoms with Crippen LogP contribution in [0.2, 0.25) is 0 Å². The highest BCUT2D eigenvalue weighted by Gasteiger charge is 2.16. The van der Waals surface area contributed by atoms with Gasteiger partial charge in [0.1, 0.15) is 5.60 Å². The van der Waals surface area contributed by atoms with Crippen molar-refractivity contribution in [2.24, 2.45) is 0 Å². The minimum absolute atomic E-state index is 0.607. The van der Waals surface area contributed by atoms with E-state index in [1.807, 2.05) is 27.7 Å². The van der Waals surface area contributed by atoms with Crippen molar-refractivity contribution in [3.05, 3.63) is 35.5 Å². The van der Waals surface area contributed by atoms with Gasteiger partial charge in [-0.1, -0.05) is 35.1 Å². The Morgan fingerprint density at radius 1 is 0.909 bits per heavy atom. The first-order valence-electron chi connectivity index (χ1n) is 7.96. The highest BCUT2D eigenvalue weighted by molar-refractivity contribution is 5.23. The lowest BCUT2D eigenvalue weighted by Gasteiger charge is -2.17. The maximum absolute atomic E-state index is 10.2. The molecule has 0 amide bonds. The molecule has 0 saturated heterocycles. The van der Waals surface area contributed by atoms with Gasteiger partial charge >= 0.3 is 0 Å². The summed E-state index contributed by atoms with van der Waals surface area (Å²) in [5.74, 6) is 5.69. The molecule has 0 spiro atoms. The Labute approximate surface area is 136 Å². The molecule has 0 aromatic rings. The Bertz CT molecular complexity index is 472. The van der Waals surface area contributed by atoms with Crippen LogP contribution in [0.3, 0.4) is 0 Å². The summed E-state index contributed by atoms with van der Waals surface area (Å²) in [6, 6.07) is 0. The highest BCUT2D eigenvalue weighted by Crippen LogP contribution is 2.15. The van der Waals surface area contributed by atoms with E-state index in [4.69, 9.17) is 0 Å². The maximum Gasteiger partial charge on any atom is 0.123 e. The number of rotatable bonds is 7. The van der Waals surface area contributed by atoms with Gasteiger partial charge < -0.3 is 10.2 Å². The van der Waals surface area contributed by atoms with E-state index in [2.05, 4.69) is 24.0 Å². The lowest BCUT2D eigenvalue weighted by atomic mass is 9.98. The second kappa shape index (κ2) is 9.66. The summed E-state index contributed by atoms with van der Waals surface area (Å²) < 4.78 is 0. The first-order chi connectivity index (χ1) is 10.0. The van der Waals surface area contributed by atoms with E-state index < -0.39 is 11.2 Å². The molecule has 2 nitrogen and oxygen atoms in total. The molecule has 0 saturated carbocycles. The molecule has 0 fully saturated rings. The Kier molecular flexibility index (Phi) is 9.09. The fraction of sp³-hybridized carbons (Fsp3) is 0.600. The third kappa shape index (κ3) is 12.4. The third-order valence-electron chi connectivity index (χ3n) is 3.25. The zero-order valence-corrected chi connectivity index (χ0v) is 15.0. The SMILES string of the molecule is CC(C)=CCCC(C)(O)C#CC=CC(C)(O)CCC=C(C)C. The van der Waals surface area contributed by atoms with E-state index in [1.165, 1.54) is 11.1 Å². The molecule has 0 aromatic carbocycles. The van der Waals surface area contributed by atoms with Crippen LogP contribution in [0.15, 0.2) is 35.5 Å². The first-order valence-corrected chi connectivity index (χ1v) is 7.96. The number of aliphatic hydroxyl groups is 2. The van der Waals surface area contributed by atoms with Gasteiger partial charge in [-0.05, 0) is 79.4 Å². The molecule has 22 heavy (non-hydrogen) atoms. The lowest BCUT2D eigenvalue weighted by Crippen LogP contribution is -2.21. The molecular formula is C20H32O2. The molecule has 0 aliphatic heterocycles. The summed E-state index contributed by atoms with van der Waals surface area (Å²) in [5, 5.41) is 20.4. The molecule has 2 N–H and O–H groups in total. The average Bonchev–Trinajstić information content (AvgIpc) is 2.33. The maximum atomic E-state index is 10.2. The van der Waals surface area contributed by atoms with Crippen molar-refractivity contribution in [2.75, 3.05) is 0 Å². The van der Waals surface area contributed by atoms with Crippen molar-refractivity contribution in [1.82, 2.24) is 0 Å². The summed E-state index contributed by atoms with van der Waals surface area (Å²) in [5.41, 5.74) is 0.640. The van der Waals surface area contributed by atoms with E-state index >= 15 is 0 Å². The van der Waals surface area contributed by atoms with Crippen molar-refractivity contribution in [1.29, 1.82) is 0 Å². The molecule has 0 rings (SSSR count). The summed E-state index contributed by atoms with van der Waals surface area (Å²) in [6.07, 6.45) is 10.5. The van der Waals surface area contributed by atoms with E-state index in [9.17, 15) is 10.2 Å². The number of hydrogen-bond donors (Lipinski definition) is 2. The van der Waals surface area contributed by atoms with E-state index in [-0.39, 0.29) is 0 Å². The number of allylic oxidation sites excluding steroid dienone is 5. The largest absolute Gasteiger partial charge is 0.386 e. The van der Waals surface area contributed by atoms with Crippen LogP contribution < -0.4 is 0 Å². The molecule has 0 aromatic heterocycles. The zero-order valence-electron chi connectivity index (χ0n) is 15.0. The molecule has 2 unspecified atom stereocenters. The van der Waals surface area contributed by atoms with Crippen molar-refractivity contribution >= 4 is 0 Å². The molecule has 0 aliphatic rings. The number of hydrogen-bond acceptors (Lipinski definition) is 2. The summed E-state index contributed by atoms with van der Waals surface area (Å²) >= 11 is 0. The topological polar surface area (TPSA) is 40.5 Å². The fourth-order valence-corrected chi connectivity index (χ4v) is 1.86. The van der Waals surface area contributed by atoms with Crippen LogP contribution in [0.25, 0.3) is 0 Å². The van der Waals surface area contributed by atoms with Gasteiger partial charge in [-0.3, -0.25) is 0 Å². The molecule has 2 atom stereocenters. The predicted molar refractivity (Wildman–Crippen MR) is 95.5 cm³/mol. The monoisotopic (exact) mass is 304 g/mol. The van der Waals surface area contributed by atoms with Gasteiger partial charge in [0.15, 0.2) is 0 Å². The molecule has 2 heteroatoms. The molecule has 0 aliphatic carbocycles. The van der Waals surface area contributed by atoms with Gasteiger partial charge in [-0.25, -0.2) is 0 Å². The Morgan fingerprint density at radius 2 is 1.41 bits per heavy atom. The zero-order chi connectivity index (χ0) is 17.2. The van der Waals surface area contributed by atoms with Gasteiger partial charge in [0.05, 0.1) is 5.60 Å². The molecule has 0 heterocycles. The Balaban J connectivity index is 4.46. The predicted octanol–water partition coefficient (Wildman–Crippen LogP) is 4.54. The summed E-state index contributed by atoms with van der Waals surface area (Å²) in [7, 11) is 0. The fourth-order valence-electron chi connectivity index (χ4n) is 1.86. The van der Waals surface area contributed by atoms with Crippen LogP contribution in [0, 0.1) is 11.8 Å². The van der Waals surface area contributed by atoms with Gasteiger partial charge in [0.25, 0.3) is 0 Å². The quantitative estimate of drug-likeness (QED) is 0.535. The van der Waals surface area contributed by atoms with Gasteiger partial charge in [-0.15, -0.1) is 0 Å². The van der Waals surface area contributed by atoms with Crippen LogP contribution in [-0.2, 0) is 0 Å². The Morgan fingerprint density at radius 3 is 1.91 bits per heavy atom. The molecule has 0 bridgehead atoms. The van der Waals surface area contributed by atoms with Crippen LogP contribution in [0.5, 0.6) is 0 Å². The third-order valence-corrected chi connectivity index (χ3v) is 3.25. The average molecular weight is 304 g/mol. The normalized spacial score (nSPS) is 16.2. The highest BCUT2D eigenvalue weighted by atomic mass is 16.3. The lowest BCUT2D eigenvalue weighted by molar-refractivity contribution is 0.103. The summed E-state index contributed by atoms with van der Waals surface area (Å²) in [4.78, 5) is 0. The van der Waals surface area contributed by atoms with E-state index in [0.29, 0.717) is 12.8 Å². The molecule has 124 valence electrons. The van der Waals surface area contributed by atoms with Crippen molar-refractivity contribution in [2.45, 2.75) is 78.4 Å². The van der Waals surface area contributed by atoms with Crippen molar-refractivity contribution < 1.29 is 10.2 Å². The van der Waals surface area contributed by atoms with Crippen LogP contribution >= 0.6 is 0 Å². The minimum atomic E-state index is -0.996. The standard InChI is InChI=1S/C20H32O2/c1-17(2)11-9-15-19(5,21)13-7-8-14-20(6,22)16-10-12-18(3)4/h7,11-13,21-22H,9-10,15-16H2,1-6H3. The second-order valence-electron chi connectivity index (χ2n) is 6.87. The van der Waals surface area contributed by atoms with Crippen LogP contribution in [-0.4, -0.2) is 21.4 Å². The van der Waals surface area contributed by atoms with Crippen molar-refractivity contribution in [3.8, 4) is 11.8 Å². The second-order valence-corrected chi connectivity index (χ2v) is 6.87. The molecular weight excluding hydrogens is 272 g/mol. The van der Waals surface area contributed by atoms with Crippen LogP contribution in [0.1, 0.15) is 67.2 Å². The van der Waals surface area contributed by atoms with Gasteiger partial charge in [-0.2, -0.15) is 0 Å². The minimum Gasteiger partial charge on any atom is -0.386 e. The van der Waals surface area contributed by atoms with Crippen molar-refractivity contribution in [3.63, 3.8) is 0 Å².